The van der Waals surface area contributed by atoms with E-state index in [4.69, 9.17) is 19.2 Å². The Bertz CT molecular complexity index is 1030. The van der Waals surface area contributed by atoms with Gasteiger partial charge in [-0.1, -0.05) is 6.42 Å². The van der Waals surface area contributed by atoms with Crippen LogP contribution < -0.4 is 19.8 Å². The molecule has 1 aliphatic carbocycles. The van der Waals surface area contributed by atoms with Crippen molar-refractivity contribution in [1.82, 2.24) is 9.97 Å². The predicted molar refractivity (Wildman–Crippen MR) is 107 cm³/mol. The summed E-state index contributed by atoms with van der Waals surface area (Å²) in [7, 11) is 4.69. The molecule has 0 amide bonds. The van der Waals surface area contributed by atoms with E-state index in [9.17, 15) is 4.79 Å². The number of nitrogens with zero attached hydrogens (tertiary/aromatic N) is 1. The van der Waals surface area contributed by atoms with E-state index in [2.05, 4.69) is 4.98 Å². The highest BCUT2D eigenvalue weighted by atomic mass is 32.1. The molecule has 6 nitrogen and oxygen atoms in total. The fourth-order valence-corrected chi connectivity index (χ4v) is 4.96. The van der Waals surface area contributed by atoms with E-state index < -0.39 is 0 Å². The van der Waals surface area contributed by atoms with Gasteiger partial charge in [-0.15, -0.1) is 11.3 Å². The van der Waals surface area contributed by atoms with Crippen molar-refractivity contribution in [3.8, 4) is 28.6 Å². The lowest BCUT2D eigenvalue weighted by molar-refractivity contribution is 0.324. The number of aromatic nitrogens is 2. The Balaban J connectivity index is 1.89. The number of nitrogens with one attached hydrogen (secondary N) is 1. The molecule has 0 unspecified atom stereocenters. The minimum Gasteiger partial charge on any atom is -0.493 e. The van der Waals surface area contributed by atoms with Gasteiger partial charge in [0.1, 0.15) is 10.7 Å². The molecule has 4 rings (SSSR count). The van der Waals surface area contributed by atoms with Crippen LogP contribution in [0.4, 0.5) is 0 Å². The second-order valence-electron chi connectivity index (χ2n) is 6.57. The highest BCUT2D eigenvalue weighted by Crippen LogP contribution is 2.41. The Morgan fingerprint density at radius 2 is 1.70 bits per heavy atom. The second-order valence-corrected chi connectivity index (χ2v) is 7.66. The summed E-state index contributed by atoms with van der Waals surface area (Å²) in [4.78, 5) is 22.7. The molecule has 27 heavy (non-hydrogen) atoms. The number of hydrogen-bond donors (Lipinski definition) is 1. The predicted octanol–water partition coefficient (Wildman–Crippen LogP) is 3.95. The Labute approximate surface area is 161 Å². The number of H-pyrrole nitrogens is 1. The van der Waals surface area contributed by atoms with Crippen LogP contribution in [0.1, 0.15) is 29.7 Å². The summed E-state index contributed by atoms with van der Waals surface area (Å²) in [5, 5.41) is 0.757. The molecule has 0 spiro atoms. The maximum absolute atomic E-state index is 12.9. The monoisotopic (exact) mass is 386 g/mol. The first-order valence-electron chi connectivity index (χ1n) is 9.01. The highest BCUT2D eigenvalue weighted by Gasteiger charge is 2.20. The quantitative estimate of drug-likeness (QED) is 0.688. The summed E-state index contributed by atoms with van der Waals surface area (Å²) >= 11 is 1.65. The molecule has 0 atom stereocenters. The number of aromatic amines is 1. The molecule has 7 heteroatoms. The molecule has 0 fully saturated rings. The van der Waals surface area contributed by atoms with Gasteiger partial charge in [0.2, 0.25) is 5.75 Å². The van der Waals surface area contributed by atoms with E-state index in [1.807, 2.05) is 0 Å². The second kappa shape index (κ2) is 7.23. The molecule has 1 aromatic carbocycles. The van der Waals surface area contributed by atoms with Gasteiger partial charge in [-0.25, -0.2) is 4.98 Å². The number of fused-ring (bicyclic) bond motifs is 3. The SMILES string of the molecule is COc1cc(-c2nc3sc4c(c3c(=O)[nH]2)CCCCC4)cc(OC)c1OC. The van der Waals surface area contributed by atoms with E-state index >= 15 is 0 Å². The average Bonchev–Trinajstić information content (AvgIpc) is 2.88. The molecule has 1 N–H and O–H groups in total. The van der Waals surface area contributed by atoms with Crippen LogP contribution in [-0.4, -0.2) is 31.3 Å². The van der Waals surface area contributed by atoms with Crippen molar-refractivity contribution < 1.29 is 14.2 Å². The average molecular weight is 386 g/mol. The van der Waals surface area contributed by atoms with Crippen LogP contribution in [0.3, 0.4) is 0 Å². The topological polar surface area (TPSA) is 73.4 Å². The molecule has 0 saturated carbocycles. The van der Waals surface area contributed by atoms with Crippen molar-refractivity contribution in [3.05, 3.63) is 32.9 Å². The highest BCUT2D eigenvalue weighted by molar-refractivity contribution is 7.18. The van der Waals surface area contributed by atoms with Gasteiger partial charge in [0, 0.05) is 10.4 Å². The molecule has 142 valence electrons. The van der Waals surface area contributed by atoms with Crippen LogP contribution in [0, 0.1) is 0 Å². The molecular weight excluding hydrogens is 364 g/mol. The lowest BCUT2D eigenvalue weighted by Crippen LogP contribution is -2.10. The first kappa shape index (κ1) is 17.9. The zero-order valence-electron chi connectivity index (χ0n) is 15.7. The van der Waals surface area contributed by atoms with Gasteiger partial charge < -0.3 is 19.2 Å². The Morgan fingerprint density at radius 1 is 1.00 bits per heavy atom. The third kappa shape index (κ3) is 3.06. The van der Waals surface area contributed by atoms with E-state index in [0.29, 0.717) is 28.6 Å². The van der Waals surface area contributed by atoms with Gasteiger partial charge in [-0.3, -0.25) is 4.79 Å². The van der Waals surface area contributed by atoms with Crippen molar-refractivity contribution in [2.75, 3.05) is 21.3 Å². The molecule has 0 saturated heterocycles. The van der Waals surface area contributed by atoms with Gasteiger partial charge in [-0.2, -0.15) is 0 Å². The number of methoxy groups -OCH3 is 3. The van der Waals surface area contributed by atoms with Crippen molar-refractivity contribution in [1.29, 1.82) is 0 Å². The molecule has 1 aliphatic rings. The molecule has 2 heterocycles. The molecule has 0 radical (unpaired) electrons. The summed E-state index contributed by atoms with van der Waals surface area (Å²) in [6.45, 7) is 0. The van der Waals surface area contributed by atoms with E-state index in [0.717, 1.165) is 29.5 Å². The van der Waals surface area contributed by atoms with E-state index in [1.165, 1.54) is 23.3 Å². The van der Waals surface area contributed by atoms with Crippen LogP contribution in [0.25, 0.3) is 21.6 Å². The Hall–Kier alpha value is -2.54. The van der Waals surface area contributed by atoms with E-state index in [1.54, 1.807) is 44.8 Å². The minimum absolute atomic E-state index is 0.0804. The molecule has 0 bridgehead atoms. The lowest BCUT2D eigenvalue weighted by Gasteiger charge is -2.13. The van der Waals surface area contributed by atoms with Gasteiger partial charge in [0.25, 0.3) is 5.56 Å². The number of ether oxygens (including phenoxy) is 3. The number of hydrogen-bond acceptors (Lipinski definition) is 6. The summed E-state index contributed by atoms with van der Waals surface area (Å²) in [6, 6.07) is 3.59. The van der Waals surface area contributed by atoms with Crippen molar-refractivity contribution in [2.45, 2.75) is 32.1 Å². The zero-order valence-corrected chi connectivity index (χ0v) is 16.5. The minimum atomic E-state index is -0.0804. The maximum Gasteiger partial charge on any atom is 0.260 e. The van der Waals surface area contributed by atoms with Crippen LogP contribution >= 0.6 is 11.3 Å². The van der Waals surface area contributed by atoms with E-state index in [-0.39, 0.29) is 5.56 Å². The van der Waals surface area contributed by atoms with Crippen molar-refractivity contribution in [2.24, 2.45) is 0 Å². The standard InChI is InChI=1S/C20H22N2O4S/c1-24-13-9-11(10-14(25-2)17(13)26-3)18-21-19(23)16-12-7-5-4-6-8-15(12)27-20(16)22-18/h9-10H,4-8H2,1-3H3,(H,21,22,23). The number of benzene rings is 1. The molecular formula is C20H22N2O4S. The van der Waals surface area contributed by atoms with Crippen LogP contribution in [0.2, 0.25) is 0 Å². The Morgan fingerprint density at radius 3 is 2.37 bits per heavy atom. The third-order valence-corrected chi connectivity index (χ3v) is 6.20. The maximum atomic E-state index is 12.9. The van der Waals surface area contributed by atoms with Crippen LogP contribution in [0.5, 0.6) is 17.2 Å². The largest absolute Gasteiger partial charge is 0.493 e. The normalized spacial score (nSPS) is 13.9. The van der Waals surface area contributed by atoms with Gasteiger partial charge in [0.05, 0.1) is 26.7 Å². The first-order valence-corrected chi connectivity index (χ1v) is 9.83. The molecule has 0 aliphatic heterocycles. The Kier molecular flexibility index (Phi) is 4.78. The summed E-state index contributed by atoms with van der Waals surface area (Å²) < 4.78 is 16.2. The third-order valence-electron chi connectivity index (χ3n) is 5.01. The number of aryl methyl sites for hydroxylation is 2. The number of rotatable bonds is 4. The zero-order chi connectivity index (χ0) is 19.0. The summed E-state index contributed by atoms with van der Waals surface area (Å²) in [5.74, 6) is 2.06. The molecule has 3 aromatic rings. The van der Waals surface area contributed by atoms with Gasteiger partial charge in [-0.05, 0) is 43.4 Å². The smallest absolute Gasteiger partial charge is 0.260 e. The fraction of sp³-hybridized carbons (Fsp3) is 0.400. The lowest BCUT2D eigenvalue weighted by atomic mass is 10.1. The molecule has 2 aromatic heterocycles. The van der Waals surface area contributed by atoms with Crippen molar-refractivity contribution in [3.63, 3.8) is 0 Å². The van der Waals surface area contributed by atoms with Crippen LogP contribution in [-0.2, 0) is 12.8 Å². The summed E-state index contributed by atoms with van der Waals surface area (Å²) in [5.41, 5.74) is 1.83. The number of thiophene rings is 1. The fourth-order valence-electron chi connectivity index (χ4n) is 3.70. The van der Waals surface area contributed by atoms with Crippen LogP contribution in [0.15, 0.2) is 16.9 Å². The van der Waals surface area contributed by atoms with Gasteiger partial charge in [0.15, 0.2) is 11.5 Å². The van der Waals surface area contributed by atoms with Crippen molar-refractivity contribution >= 4 is 21.6 Å². The first-order chi connectivity index (χ1) is 13.2. The van der Waals surface area contributed by atoms with Gasteiger partial charge >= 0.3 is 0 Å². The summed E-state index contributed by atoms with van der Waals surface area (Å²) in [6.07, 6.45) is 5.53.